The van der Waals surface area contributed by atoms with Crippen LogP contribution in [0.4, 0.5) is 0 Å². The van der Waals surface area contributed by atoms with Gasteiger partial charge in [-0.25, -0.2) is 13.1 Å². The van der Waals surface area contributed by atoms with E-state index in [4.69, 9.17) is 0 Å². The lowest BCUT2D eigenvalue weighted by atomic mass is 10.4. The maximum absolute atomic E-state index is 10.7. The van der Waals surface area contributed by atoms with Crippen LogP contribution in [-0.2, 0) is 23.1 Å². The molecule has 1 N–H and O–H groups in total. The van der Waals surface area contributed by atoms with Crippen LogP contribution in [0, 0.1) is 0 Å². The quantitative estimate of drug-likeness (QED) is 0.746. The second-order valence-electron chi connectivity index (χ2n) is 2.76. The van der Waals surface area contributed by atoms with Crippen LogP contribution in [0.5, 0.6) is 0 Å². The molecule has 0 aliphatic rings. The fourth-order valence-corrected chi connectivity index (χ4v) is 1.29. The molecule has 0 unspecified atom stereocenters. The van der Waals surface area contributed by atoms with Crippen molar-refractivity contribution in [2.24, 2.45) is 0 Å². The molecule has 6 heteroatoms. The van der Waals surface area contributed by atoms with Gasteiger partial charge in [0.05, 0.1) is 18.5 Å². The first-order valence-corrected chi connectivity index (χ1v) is 5.87. The SMILES string of the molecule is CCn1ccc(CNS(C)(=O)=O)n1. The molecule has 0 fully saturated rings. The van der Waals surface area contributed by atoms with Gasteiger partial charge in [-0.1, -0.05) is 0 Å². The van der Waals surface area contributed by atoms with E-state index in [1.807, 2.05) is 13.1 Å². The van der Waals surface area contributed by atoms with E-state index < -0.39 is 10.0 Å². The van der Waals surface area contributed by atoms with Crippen LogP contribution in [-0.4, -0.2) is 24.5 Å². The summed E-state index contributed by atoms with van der Waals surface area (Å²) in [5.74, 6) is 0. The summed E-state index contributed by atoms with van der Waals surface area (Å²) in [6, 6.07) is 1.79. The average Bonchev–Trinajstić information content (AvgIpc) is 2.47. The monoisotopic (exact) mass is 203 g/mol. The largest absolute Gasteiger partial charge is 0.273 e. The zero-order valence-electron chi connectivity index (χ0n) is 7.69. The molecule has 74 valence electrons. The summed E-state index contributed by atoms with van der Waals surface area (Å²) in [5.41, 5.74) is 0.729. The van der Waals surface area contributed by atoms with Gasteiger partial charge in [-0.15, -0.1) is 0 Å². The van der Waals surface area contributed by atoms with Crippen LogP contribution in [0.1, 0.15) is 12.6 Å². The van der Waals surface area contributed by atoms with E-state index in [9.17, 15) is 8.42 Å². The second kappa shape index (κ2) is 3.89. The van der Waals surface area contributed by atoms with Crippen LogP contribution >= 0.6 is 0 Å². The van der Waals surface area contributed by atoms with E-state index in [-0.39, 0.29) is 6.54 Å². The summed E-state index contributed by atoms with van der Waals surface area (Å²) in [7, 11) is -3.12. The first-order chi connectivity index (χ1) is 6.01. The van der Waals surface area contributed by atoms with Crippen molar-refractivity contribution in [2.75, 3.05) is 6.26 Å². The van der Waals surface area contributed by atoms with Crippen LogP contribution in [0.3, 0.4) is 0 Å². The third-order valence-corrected chi connectivity index (χ3v) is 2.20. The predicted octanol–water partition coefficient (Wildman–Crippen LogP) is -0.0478. The highest BCUT2D eigenvalue weighted by atomic mass is 32.2. The number of sulfonamides is 1. The molecule has 13 heavy (non-hydrogen) atoms. The van der Waals surface area contributed by atoms with E-state index in [1.165, 1.54) is 0 Å². The Balaban J connectivity index is 2.55. The van der Waals surface area contributed by atoms with Gasteiger partial charge in [0, 0.05) is 12.7 Å². The van der Waals surface area contributed by atoms with E-state index in [0.717, 1.165) is 18.5 Å². The number of nitrogens with one attached hydrogen (secondary N) is 1. The molecule has 0 radical (unpaired) electrons. The molecule has 1 aromatic heterocycles. The maximum atomic E-state index is 10.7. The van der Waals surface area contributed by atoms with Crippen molar-refractivity contribution >= 4 is 10.0 Å². The fourth-order valence-electron chi connectivity index (χ4n) is 0.879. The van der Waals surface area contributed by atoms with Crippen molar-refractivity contribution in [2.45, 2.75) is 20.0 Å². The first kappa shape index (κ1) is 10.2. The van der Waals surface area contributed by atoms with Gasteiger partial charge >= 0.3 is 0 Å². The Labute approximate surface area is 77.8 Å². The molecule has 1 aromatic rings. The molecule has 0 spiro atoms. The molecular weight excluding hydrogens is 190 g/mol. The predicted molar refractivity (Wildman–Crippen MR) is 49.6 cm³/mol. The van der Waals surface area contributed by atoms with Gasteiger partial charge in [-0.3, -0.25) is 4.68 Å². The molecule has 0 aliphatic heterocycles. The summed E-state index contributed by atoms with van der Waals surface area (Å²) in [4.78, 5) is 0. The third kappa shape index (κ3) is 3.56. The molecule has 1 rings (SSSR count). The van der Waals surface area contributed by atoms with E-state index >= 15 is 0 Å². The van der Waals surface area contributed by atoms with Crippen LogP contribution < -0.4 is 4.72 Å². The van der Waals surface area contributed by atoms with Gasteiger partial charge in [-0.2, -0.15) is 5.10 Å². The molecule has 0 amide bonds. The zero-order valence-corrected chi connectivity index (χ0v) is 8.50. The molecule has 0 aromatic carbocycles. The molecule has 0 atom stereocenters. The number of nitrogens with zero attached hydrogens (tertiary/aromatic N) is 2. The minimum Gasteiger partial charge on any atom is -0.273 e. The zero-order chi connectivity index (χ0) is 9.90. The lowest BCUT2D eigenvalue weighted by Crippen LogP contribution is -2.21. The van der Waals surface area contributed by atoms with Gasteiger partial charge in [-0.05, 0) is 13.0 Å². The summed E-state index contributed by atoms with van der Waals surface area (Å²) in [6.45, 7) is 3.02. The lowest BCUT2D eigenvalue weighted by Gasteiger charge is -1.98. The van der Waals surface area contributed by atoms with E-state index in [0.29, 0.717) is 0 Å². The number of rotatable bonds is 4. The van der Waals surface area contributed by atoms with E-state index in [2.05, 4.69) is 9.82 Å². The van der Waals surface area contributed by atoms with Gasteiger partial charge < -0.3 is 0 Å². The summed E-state index contributed by atoms with van der Waals surface area (Å²) in [5, 5.41) is 4.12. The molecule has 5 nitrogen and oxygen atoms in total. The third-order valence-electron chi connectivity index (χ3n) is 1.54. The molecule has 0 bridgehead atoms. The van der Waals surface area contributed by atoms with Crippen molar-refractivity contribution in [3.63, 3.8) is 0 Å². The normalized spacial score (nSPS) is 11.8. The molecule has 1 heterocycles. The Morgan fingerprint density at radius 2 is 2.31 bits per heavy atom. The Kier molecular flexibility index (Phi) is 3.05. The number of hydrogen-bond donors (Lipinski definition) is 1. The Hall–Kier alpha value is -0.880. The number of aryl methyl sites for hydroxylation is 1. The molecule has 0 saturated heterocycles. The van der Waals surface area contributed by atoms with Crippen molar-refractivity contribution < 1.29 is 8.42 Å². The standard InChI is InChI=1S/C7H13N3O2S/c1-3-10-5-4-7(9-10)6-8-13(2,11)12/h4-5,8H,3,6H2,1-2H3. The van der Waals surface area contributed by atoms with E-state index in [1.54, 1.807) is 10.7 Å². The molecular formula is C7H13N3O2S. The summed E-state index contributed by atoms with van der Waals surface area (Å²) >= 11 is 0. The lowest BCUT2D eigenvalue weighted by molar-refractivity contribution is 0.584. The summed E-state index contributed by atoms with van der Waals surface area (Å²) < 4.78 is 25.6. The highest BCUT2D eigenvalue weighted by Crippen LogP contribution is 1.95. The Morgan fingerprint density at radius 3 is 2.77 bits per heavy atom. The van der Waals surface area contributed by atoms with Gasteiger partial charge in [0.2, 0.25) is 10.0 Å². The van der Waals surface area contributed by atoms with Crippen molar-refractivity contribution in [1.29, 1.82) is 0 Å². The van der Waals surface area contributed by atoms with Crippen molar-refractivity contribution in [3.05, 3.63) is 18.0 Å². The minimum absolute atomic E-state index is 0.256. The number of aromatic nitrogens is 2. The maximum Gasteiger partial charge on any atom is 0.209 e. The van der Waals surface area contributed by atoms with Gasteiger partial charge in [0.15, 0.2) is 0 Å². The Bertz CT molecular complexity index is 369. The smallest absolute Gasteiger partial charge is 0.209 e. The first-order valence-electron chi connectivity index (χ1n) is 3.98. The minimum atomic E-state index is -3.12. The molecule has 0 aliphatic carbocycles. The van der Waals surface area contributed by atoms with Crippen LogP contribution in [0.25, 0.3) is 0 Å². The summed E-state index contributed by atoms with van der Waals surface area (Å²) in [6.07, 6.45) is 2.95. The second-order valence-corrected chi connectivity index (χ2v) is 4.59. The Morgan fingerprint density at radius 1 is 1.62 bits per heavy atom. The number of hydrogen-bond acceptors (Lipinski definition) is 3. The van der Waals surface area contributed by atoms with Gasteiger partial charge in [0.25, 0.3) is 0 Å². The van der Waals surface area contributed by atoms with Crippen LogP contribution in [0.15, 0.2) is 12.3 Å². The highest BCUT2D eigenvalue weighted by molar-refractivity contribution is 7.88. The van der Waals surface area contributed by atoms with Crippen molar-refractivity contribution in [1.82, 2.24) is 14.5 Å². The van der Waals surface area contributed by atoms with Crippen molar-refractivity contribution in [3.8, 4) is 0 Å². The fraction of sp³-hybridized carbons (Fsp3) is 0.571. The topological polar surface area (TPSA) is 64.0 Å². The average molecular weight is 203 g/mol. The van der Waals surface area contributed by atoms with Gasteiger partial charge in [0.1, 0.15) is 0 Å². The highest BCUT2D eigenvalue weighted by Gasteiger charge is 2.02. The van der Waals surface area contributed by atoms with Crippen LogP contribution in [0.2, 0.25) is 0 Å². The molecule has 0 saturated carbocycles.